The summed E-state index contributed by atoms with van der Waals surface area (Å²) in [5.41, 5.74) is 0. The Morgan fingerprint density at radius 1 is 0.778 bits per heavy atom. The molecule has 52 valence electrons. The average molecular weight is 142 g/mol. The van der Waals surface area contributed by atoms with Gasteiger partial charge in [0.25, 0.3) is 0 Å². The Kier molecular flexibility index (Phi) is 3.66. The first-order valence-corrected chi connectivity index (χ1v) is 6.24. The van der Waals surface area contributed by atoms with Crippen LogP contribution in [0.1, 0.15) is 32.1 Å². The molecule has 1 fully saturated rings. The summed E-state index contributed by atoms with van der Waals surface area (Å²) in [6.07, 6.45) is 10.7. The molecule has 0 aromatic carbocycles. The first kappa shape index (κ1) is 7.60. The molecule has 0 unspecified atom stereocenters. The molecule has 2 heteroatoms. The molecule has 1 aliphatic heterocycles. The van der Waals surface area contributed by atoms with Crippen LogP contribution in [0.3, 0.4) is 0 Å². The topological polar surface area (TPSA) is 0 Å². The predicted molar refractivity (Wildman–Crippen MR) is 48.3 cm³/mol. The van der Waals surface area contributed by atoms with Crippen LogP contribution in [0.5, 0.6) is 0 Å². The fraction of sp³-hybridized carbons (Fsp3) is 1.00. The van der Waals surface area contributed by atoms with Gasteiger partial charge in [-0.1, -0.05) is 32.1 Å². The number of rotatable bonds is 0. The van der Waals surface area contributed by atoms with E-state index in [2.05, 4.69) is 7.57 Å². The van der Waals surface area contributed by atoms with Crippen molar-refractivity contribution in [3.05, 3.63) is 0 Å². The lowest BCUT2D eigenvalue weighted by Crippen LogP contribution is -1.95. The van der Waals surface area contributed by atoms with E-state index in [0.717, 1.165) is 0 Å². The maximum Gasteiger partial charge on any atom is 0.134 e. The van der Waals surface area contributed by atoms with Crippen molar-refractivity contribution in [1.82, 2.24) is 0 Å². The molecule has 1 saturated heterocycles. The summed E-state index contributed by atoms with van der Waals surface area (Å²) in [4.78, 5) is 0. The summed E-state index contributed by atoms with van der Waals surface area (Å²) in [6.45, 7) is 0. The number of hydrogen-bond acceptors (Lipinski definition) is 0. The van der Waals surface area contributed by atoms with E-state index in [0.29, 0.717) is 7.80 Å². The van der Waals surface area contributed by atoms with Crippen LogP contribution in [-0.4, -0.2) is 19.9 Å². The average Bonchev–Trinajstić information content (AvgIpc) is 1.79. The molecule has 0 spiro atoms. The molecule has 0 saturated carbocycles. The van der Waals surface area contributed by atoms with Gasteiger partial charge in [0, 0.05) is 0 Å². The van der Waals surface area contributed by atoms with Crippen molar-refractivity contribution in [2.75, 3.05) is 12.3 Å². The molecule has 9 heavy (non-hydrogen) atoms. The van der Waals surface area contributed by atoms with E-state index in [-0.39, 0.29) is 0 Å². The molecule has 1 aliphatic rings. The Morgan fingerprint density at radius 3 is 1.78 bits per heavy atom. The van der Waals surface area contributed by atoms with Gasteiger partial charge in [-0.3, -0.25) is 0 Å². The zero-order valence-electron chi connectivity index (χ0n) is 6.40. The van der Waals surface area contributed by atoms with Crippen molar-refractivity contribution in [2.45, 2.75) is 32.1 Å². The Labute approximate surface area is 60.5 Å². The third-order valence-corrected chi connectivity index (χ3v) is 4.24. The van der Waals surface area contributed by atoms with E-state index >= 15 is 0 Å². The lowest BCUT2D eigenvalue weighted by molar-refractivity contribution is 0.650. The third kappa shape index (κ3) is 3.25. The predicted octanol–water partition coefficient (Wildman–Crippen LogP) is 1.98. The fourth-order valence-electron chi connectivity index (χ4n) is 1.41. The highest BCUT2D eigenvalue weighted by Crippen LogP contribution is 2.33. The van der Waals surface area contributed by atoms with Crippen molar-refractivity contribution in [2.24, 2.45) is 0 Å². The van der Waals surface area contributed by atoms with Crippen LogP contribution < -0.4 is 0 Å². The zero-order chi connectivity index (χ0) is 6.53. The molecule has 0 aromatic heterocycles. The van der Waals surface area contributed by atoms with Crippen molar-refractivity contribution >= 4 is 15.4 Å². The van der Waals surface area contributed by atoms with E-state index in [1.54, 1.807) is 12.3 Å². The summed E-state index contributed by atoms with van der Waals surface area (Å²) in [5.74, 6) is 0. The summed E-state index contributed by atoms with van der Waals surface area (Å²) < 4.78 is 0. The Morgan fingerprint density at radius 2 is 1.22 bits per heavy atom. The van der Waals surface area contributed by atoms with Crippen LogP contribution in [-0.2, 0) is 0 Å². The third-order valence-electron chi connectivity index (χ3n) is 2.08. The summed E-state index contributed by atoms with van der Waals surface area (Å²) >= 11 is 0. The Bertz CT molecular complexity index is 67.3. The van der Waals surface area contributed by atoms with E-state index in [1.165, 1.54) is 32.1 Å². The van der Waals surface area contributed by atoms with Gasteiger partial charge in [0.15, 0.2) is 0 Å². The van der Waals surface area contributed by atoms with Gasteiger partial charge in [-0.2, -0.15) is 0 Å². The minimum Gasteiger partial charge on any atom is -0.149 e. The van der Waals surface area contributed by atoms with E-state index < -0.39 is 0 Å². The van der Waals surface area contributed by atoms with Gasteiger partial charge in [0.2, 0.25) is 0 Å². The standard InChI is InChI=1S/C7H16BP/c8-9-6-4-2-1-3-5-7-9/h1-8H2. The normalized spacial score (nSPS) is 24.9. The lowest BCUT2D eigenvalue weighted by atomic mass is 10.2. The van der Waals surface area contributed by atoms with Gasteiger partial charge in [-0.25, -0.2) is 0 Å². The highest BCUT2D eigenvalue weighted by molar-refractivity contribution is 7.82. The van der Waals surface area contributed by atoms with Crippen LogP contribution >= 0.6 is 7.80 Å². The van der Waals surface area contributed by atoms with E-state index in [4.69, 9.17) is 0 Å². The summed E-state index contributed by atoms with van der Waals surface area (Å²) in [7, 11) is 2.92. The van der Waals surface area contributed by atoms with Gasteiger partial charge in [-0.15, -0.1) is 7.80 Å². The molecule has 0 aliphatic carbocycles. The first-order chi connectivity index (χ1) is 4.39. The monoisotopic (exact) mass is 142 g/mol. The molecule has 1 heterocycles. The van der Waals surface area contributed by atoms with E-state index in [9.17, 15) is 0 Å². The molecule has 0 atom stereocenters. The largest absolute Gasteiger partial charge is 0.149 e. The maximum absolute atomic E-state index is 2.46. The van der Waals surface area contributed by atoms with Crippen molar-refractivity contribution in [1.29, 1.82) is 0 Å². The second-order valence-corrected chi connectivity index (χ2v) is 5.68. The van der Waals surface area contributed by atoms with Gasteiger partial charge >= 0.3 is 0 Å². The lowest BCUT2D eigenvalue weighted by Gasteiger charge is -2.14. The molecule has 1 rings (SSSR count). The van der Waals surface area contributed by atoms with Crippen LogP contribution in [0.15, 0.2) is 0 Å². The smallest absolute Gasteiger partial charge is 0.134 e. The molecule has 0 N–H and O–H groups in total. The summed E-state index contributed by atoms with van der Waals surface area (Å²) in [6, 6.07) is 0. The summed E-state index contributed by atoms with van der Waals surface area (Å²) in [5, 5.41) is 0. The van der Waals surface area contributed by atoms with Gasteiger partial charge in [-0.05, 0) is 12.3 Å². The molecule has 0 nitrogen and oxygen atoms in total. The maximum atomic E-state index is 2.46. The van der Waals surface area contributed by atoms with Crippen LogP contribution in [0.25, 0.3) is 0 Å². The molecular formula is C7H16BP. The van der Waals surface area contributed by atoms with Crippen molar-refractivity contribution < 1.29 is 0 Å². The highest BCUT2D eigenvalue weighted by Gasteiger charge is 2.03. The molecule has 0 bridgehead atoms. The van der Waals surface area contributed by atoms with Gasteiger partial charge in [0.05, 0.1) is 0 Å². The first-order valence-electron chi connectivity index (χ1n) is 4.08. The molecule has 0 amide bonds. The van der Waals surface area contributed by atoms with Crippen LogP contribution in [0, 0.1) is 0 Å². The SMILES string of the molecule is BP1CCCCCCC1. The van der Waals surface area contributed by atoms with Gasteiger partial charge < -0.3 is 0 Å². The van der Waals surface area contributed by atoms with Crippen molar-refractivity contribution in [3.63, 3.8) is 0 Å². The Hall–Kier alpha value is 0.495. The van der Waals surface area contributed by atoms with Crippen LogP contribution in [0.2, 0.25) is 0 Å². The number of hydrogen-bond donors (Lipinski definition) is 0. The zero-order valence-corrected chi connectivity index (χ0v) is 7.29. The minimum atomic E-state index is 0.465. The second-order valence-electron chi connectivity index (χ2n) is 3.07. The van der Waals surface area contributed by atoms with E-state index in [1.807, 2.05) is 0 Å². The van der Waals surface area contributed by atoms with Crippen molar-refractivity contribution in [3.8, 4) is 0 Å². The second kappa shape index (κ2) is 4.33. The quantitative estimate of drug-likeness (QED) is 0.358. The fourth-order valence-corrected chi connectivity index (χ4v) is 3.16. The molecule has 0 aromatic rings. The minimum absolute atomic E-state index is 0.465. The molecule has 0 radical (unpaired) electrons. The molecular weight excluding hydrogens is 126 g/mol. The van der Waals surface area contributed by atoms with Crippen LogP contribution in [0.4, 0.5) is 0 Å². The highest BCUT2D eigenvalue weighted by atomic mass is 31.1. The van der Waals surface area contributed by atoms with Gasteiger partial charge in [0.1, 0.15) is 7.57 Å². The Balaban J connectivity index is 2.12.